The Kier molecular flexibility index (Phi) is 6.29. The average molecular weight is 412 g/mol. The predicted molar refractivity (Wildman–Crippen MR) is 99.3 cm³/mol. The van der Waals surface area contributed by atoms with Gasteiger partial charge in [0.05, 0.1) is 22.6 Å². The monoisotopic (exact) mass is 412 g/mol. The van der Waals surface area contributed by atoms with Crippen LogP contribution in [0.5, 0.6) is 0 Å². The molecular weight excluding hydrogens is 394 g/mol. The van der Waals surface area contributed by atoms with Gasteiger partial charge in [-0.1, -0.05) is 6.92 Å². The quantitative estimate of drug-likeness (QED) is 0.562. The number of nitrogens with one attached hydrogen (secondary N) is 1. The first kappa shape index (κ1) is 21.2. The number of primary amides is 1. The molecule has 150 valence electrons. The van der Waals surface area contributed by atoms with E-state index in [1.54, 1.807) is 6.92 Å². The smallest absolute Gasteiger partial charge is 0.252 e. The summed E-state index contributed by atoms with van der Waals surface area (Å²) in [6, 6.07) is 2.88. The number of rotatable bonds is 8. The summed E-state index contributed by atoms with van der Waals surface area (Å²) in [7, 11) is -3.84. The van der Waals surface area contributed by atoms with Gasteiger partial charge in [0.15, 0.2) is 11.6 Å². The molecule has 11 heteroatoms. The van der Waals surface area contributed by atoms with Gasteiger partial charge in [-0.15, -0.1) is 0 Å². The molecule has 0 saturated heterocycles. The van der Waals surface area contributed by atoms with E-state index in [1.807, 2.05) is 4.72 Å². The second-order valence-corrected chi connectivity index (χ2v) is 7.79. The van der Waals surface area contributed by atoms with Crippen molar-refractivity contribution in [2.24, 2.45) is 5.73 Å². The van der Waals surface area contributed by atoms with Gasteiger partial charge in [-0.2, -0.15) is 0 Å². The van der Waals surface area contributed by atoms with Gasteiger partial charge in [-0.25, -0.2) is 22.2 Å². The number of benzene rings is 1. The number of halogens is 2. The first-order chi connectivity index (χ1) is 13.1. The molecule has 1 heterocycles. The van der Waals surface area contributed by atoms with E-state index in [9.17, 15) is 26.8 Å². The van der Waals surface area contributed by atoms with E-state index in [0.29, 0.717) is 0 Å². The summed E-state index contributed by atoms with van der Waals surface area (Å²) in [5.41, 5.74) is 9.23. The number of hydrogen-bond donors (Lipinski definition) is 3. The number of sulfonamides is 1. The molecule has 5 N–H and O–H groups in total. The zero-order valence-corrected chi connectivity index (χ0v) is 15.6. The van der Waals surface area contributed by atoms with Gasteiger partial charge < -0.3 is 11.5 Å². The van der Waals surface area contributed by atoms with Crippen LogP contribution in [0.2, 0.25) is 0 Å². The van der Waals surface area contributed by atoms with E-state index < -0.39 is 51.0 Å². The van der Waals surface area contributed by atoms with Crippen LogP contribution in [0.1, 0.15) is 39.6 Å². The molecule has 0 aliphatic rings. The molecule has 0 fully saturated rings. The minimum absolute atomic E-state index is 0.132. The van der Waals surface area contributed by atoms with Gasteiger partial charge in [-0.05, 0) is 30.2 Å². The SMILES string of the molecule is CCCS(=O)(=O)Nc1ccc(F)c(C(=O)Cc2cnc(N)c(C(N)=O)c2)c1F. The van der Waals surface area contributed by atoms with Gasteiger partial charge in [0.25, 0.3) is 5.91 Å². The Morgan fingerprint density at radius 1 is 1.25 bits per heavy atom. The summed E-state index contributed by atoms with van der Waals surface area (Å²) in [6.07, 6.45) is 0.951. The Balaban J connectivity index is 2.37. The third-order valence-corrected chi connectivity index (χ3v) is 5.19. The van der Waals surface area contributed by atoms with Gasteiger partial charge in [0, 0.05) is 12.6 Å². The van der Waals surface area contributed by atoms with Crippen molar-refractivity contribution in [3.8, 4) is 0 Å². The summed E-state index contributed by atoms with van der Waals surface area (Å²) in [5.74, 6) is -4.74. The topological polar surface area (TPSA) is 145 Å². The van der Waals surface area contributed by atoms with Crippen molar-refractivity contribution in [1.29, 1.82) is 0 Å². The van der Waals surface area contributed by atoms with E-state index in [4.69, 9.17) is 11.5 Å². The Morgan fingerprint density at radius 3 is 2.54 bits per heavy atom. The van der Waals surface area contributed by atoms with Gasteiger partial charge in [0.1, 0.15) is 11.6 Å². The predicted octanol–water partition coefficient (Wildman–Crippen LogP) is 1.62. The van der Waals surface area contributed by atoms with Crippen molar-refractivity contribution < 1.29 is 26.8 Å². The highest BCUT2D eigenvalue weighted by atomic mass is 32.2. The highest BCUT2D eigenvalue weighted by Gasteiger charge is 2.23. The molecule has 0 saturated carbocycles. The van der Waals surface area contributed by atoms with Crippen molar-refractivity contribution in [3.05, 3.63) is 52.7 Å². The molecule has 0 radical (unpaired) electrons. The second kappa shape index (κ2) is 8.30. The van der Waals surface area contributed by atoms with Crippen molar-refractivity contribution in [1.82, 2.24) is 4.98 Å². The maximum atomic E-state index is 14.6. The second-order valence-electron chi connectivity index (χ2n) is 5.95. The van der Waals surface area contributed by atoms with E-state index in [0.717, 1.165) is 12.1 Å². The van der Waals surface area contributed by atoms with E-state index in [1.165, 1.54) is 12.3 Å². The zero-order valence-electron chi connectivity index (χ0n) is 14.8. The number of nitrogens with two attached hydrogens (primary N) is 2. The Bertz CT molecular complexity index is 1040. The van der Waals surface area contributed by atoms with Crippen LogP contribution >= 0.6 is 0 Å². The molecule has 0 aliphatic heterocycles. The number of hydrogen-bond acceptors (Lipinski definition) is 6. The summed E-state index contributed by atoms with van der Waals surface area (Å²) in [4.78, 5) is 27.5. The third-order valence-electron chi connectivity index (χ3n) is 3.71. The fourth-order valence-electron chi connectivity index (χ4n) is 2.46. The van der Waals surface area contributed by atoms with Crippen molar-refractivity contribution >= 4 is 33.2 Å². The minimum atomic E-state index is -3.84. The van der Waals surface area contributed by atoms with Crippen LogP contribution in [-0.4, -0.2) is 30.8 Å². The van der Waals surface area contributed by atoms with Crippen LogP contribution in [0, 0.1) is 11.6 Å². The minimum Gasteiger partial charge on any atom is -0.383 e. The lowest BCUT2D eigenvalue weighted by molar-refractivity contribution is 0.0978. The Morgan fingerprint density at radius 2 is 1.93 bits per heavy atom. The number of anilines is 2. The van der Waals surface area contributed by atoms with Gasteiger partial charge >= 0.3 is 0 Å². The molecule has 8 nitrogen and oxygen atoms in total. The fourth-order valence-corrected chi connectivity index (χ4v) is 3.59. The highest BCUT2D eigenvalue weighted by molar-refractivity contribution is 7.92. The molecule has 0 unspecified atom stereocenters. The van der Waals surface area contributed by atoms with Crippen molar-refractivity contribution in [2.75, 3.05) is 16.2 Å². The zero-order chi connectivity index (χ0) is 21.1. The molecule has 2 rings (SSSR count). The molecule has 2 aromatic rings. The summed E-state index contributed by atoms with van der Waals surface area (Å²) < 4.78 is 54.4. The van der Waals surface area contributed by atoms with Crippen molar-refractivity contribution in [3.63, 3.8) is 0 Å². The normalized spacial score (nSPS) is 11.2. The number of nitrogen functional groups attached to an aromatic ring is 1. The summed E-state index contributed by atoms with van der Waals surface area (Å²) in [6.45, 7) is 1.62. The lowest BCUT2D eigenvalue weighted by Gasteiger charge is -2.12. The van der Waals surface area contributed by atoms with E-state index in [2.05, 4.69) is 4.98 Å². The number of aromatic nitrogens is 1. The number of carbonyl (C=O) groups excluding carboxylic acids is 2. The lowest BCUT2D eigenvalue weighted by Crippen LogP contribution is -2.19. The first-order valence-electron chi connectivity index (χ1n) is 8.11. The number of carbonyl (C=O) groups is 2. The molecule has 28 heavy (non-hydrogen) atoms. The number of pyridine rings is 1. The highest BCUT2D eigenvalue weighted by Crippen LogP contribution is 2.24. The number of Topliss-reactive ketones (excluding diaryl/α,β-unsaturated/α-hetero) is 1. The van der Waals surface area contributed by atoms with Crippen LogP contribution in [0.25, 0.3) is 0 Å². The fraction of sp³-hybridized carbons (Fsp3) is 0.235. The van der Waals surface area contributed by atoms with E-state index >= 15 is 0 Å². The first-order valence-corrected chi connectivity index (χ1v) is 9.76. The lowest BCUT2D eigenvalue weighted by atomic mass is 10.0. The van der Waals surface area contributed by atoms with Crippen LogP contribution < -0.4 is 16.2 Å². The Labute approximate surface area is 160 Å². The molecule has 1 aromatic carbocycles. The Hall–Kier alpha value is -3.08. The number of amides is 1. The molecule has 0 bridgehead atoms. The maximum Gasteiger partial charge on any atom is 0.252 e. The molecule has 1 aromatic heterocycles. The summed E-state index contributed by atoms with van der Waals surface area (Å²) in [5, 5.41) is 0. The molecule has 1 amide bonds. The molecule has 0 aliphatic carbocycles. The molecular formula is C17H18F2N4O4S. The van der Waals surface area contributed by atoms with Gasteiger partial charge in [-0.3, -0.25) is 14.3 Å². The van der Waals surface area contributed by atoms with Crippen LogP contribution in [-0.2, 0) is 16.4 Å². The largest absolute Gasteiger partial charge is 0.383 e. The molecule has 0 atom stereocenters. The number of ketones is 1. The van der Waals surface area contributed by atoms with Crippen LogP contribution in [0.4, 0.5) is 20.3 Å². The molecule has 0 spiro atoms. The third kappa shape index (κ3) is 4.80. The van der Waals surface area contributed by atoms with Gasteiger partial charge in [0.2, 0.25) is 10.0 Å². The van der Waals surface area contributed by atoms with Crippen LogP contribution in [0.15, 0.2) is 24.4 Å². The maximum absolute atomic E-state index is 14.6. The van der Waals surface area contributed by atoms with Crippen LogP contribution in [0.3, 0.4) is 0 Å². The van der Waals surface area contributed by atoms with Crippen molar-refractivity contribution in [2.45, 2.75) is 19.8 Å². The average Bonchev–Trinajstić information content (AvgIpc) is 2.59. The standard InChI is InChI=1S/C17H18F2N4O4S/c1-2-5-28(26,27)23-12-4-3-11(18)14(15(12)19)13(24)7-9-6-10(17(21)25)16(20)22-8-9/h3-4,6,8,23H,2,5,7H2,1H3,(H2,20,22)(H2,21,25). The van der Waals surface area contributed by atoms with E-state index in [-0.39, 0.29) is 29.1 Å². The number of nitrogens with zero attached hydrogens (tertiary/aromatic N) is 1. The summed E-state index contributed by atoms with van der Waals surface area (Å²) >= 11 is 0.